The number of aryl methyl sites for hydroxylation is 1. The Kier molecular flexibility index (Phi) is 6.71. The molecule has 1 fully saturated rings. The average Bonchev–Trinajstić information content (AvgIpc) is 3.32. The van der Waals surface area contributed by atoms with Gasteiger partial charge in [-0.25, -0.2) is 9.07 Å². The van der Waals surface area contributed by atoms with E-state index < -0.39 is 11.9 Å². The monoisotopic (exact) mass is 435 g/mol. The lowest BCUT2D eigenvalue weighted by Gasteiger charge is -2.23. The van der Waals surface area contributed by atoms with Gasteiger partial charge >= 0.3 is 0 Å². The summed E-state index contributed by atoms with van der Waals surface area (Å²) >= 11 is 6.35. The van der Waals surface area contributed by atoms with Gasteiger partial charge in [-0.15, -0.1) is 0 Å². The minimum absolute atomic E-state index is 0.131. The van der Waals surface area contributed by atoms with Crippen molar-refractivity contribution < 1.29 is 18.8 Å². The third kappa shape index (κ3) is 4.62. The Morgan fingerprint density at radius 3 is 2.63 bits per heavy atom. The van der Waals surface area contributed by atoms with E-state index in [1.54, 1.807) is 19.1 Å². The van der Waals surface area contributed by atoms with Crippen LogP contribution in [0.3, 0.4) is 0 Å². The van der Waals surface area contributed by atoms with Gasteiger partial charge < -0.3 is 15.5 Å². The first-order valence-electron chi connectivity index (χ1n) is 9.58. The Bertz CT molecular complexity index is 960. The van der Waals surface area contributed by atoms with E-state index in [4.69, 9.17) is 11.6 Å². The number of carbonyl (C=O) groups is 3. The summed E-state index contributed by atoms with van der Waals surface area (Å²) in [4.78, 5) is 38.5. The zero-order valence-electron chi connectivity index (χ0n) is 16.7. The van der Waals surface area contributed by atoms with E-state index in [1.807, 2.05) is 0 Å². The van der Waals surface area contributed by atoms with Gasteiger partial charge in [-0.2, -0.15) is 5.10 Å². The van der Waals surface area contributed by atoms with E-state index in [-0.39, 0.29) is 41.4 Å². The van der Waals surface area contributed by atoms with Gasteiger partial charge in [0.1, 0.15) is 17.0 Å². The number of hydrogen-bond donors (Lipinski definition) is 2. The molecule has 3 rings (SSSR count). The standard InChI is InChI=1S/C20H23ClFN5O3/c1-12-17(18(21)27(25-12)11-13-5-7-14(22)8-6-13)20(30)24-10-16(28)26-9-3-4-15(26)19(29)23-2/h5-8,15H,3-4,9-11H2,1-2H3,(H,23,29)(H,24,30). The number of benzene rings is 1. The van der Waals surface area contributed by atoms with Gasteiger partial charge in [0.15, 0.2) is 0 Å². The molecule has 0 spiro atoms. The average molecular weight is 436 g/mol. The summed E-state index contributed by atoms with van der Waals surface area (Å²) in [5.41, 5.74) is 1.37. The SMILES string of the molecule is CNC(=O)C1CCCN1C(=O)CNC(=O)c1c(C)nn(Cc2ccc(F)cc2)c1Cl. The molecule has 0 aliphatic carbocycles. The van der Waals surface area contributed by atoms with E-state index in [1.165, 1.54) is 28.8 Å². The smallest absolute Gasteiger partial charge is 0.256 e. The highest BCUT2D eigenvalue weighted by atomic mass is 35.5. The van der Waals surface area contributed by atoms with Crippen LogP contribution < -0.4 is 10.6 Å². The second kappa shape index (κ2) is 9.25. The van der Waals surface area contributed by atoms with Crippen LogP contribution >= 0.6 is 11.6 Å². The van der Waals surface area contributed by atoms with Gasteiger partial charge in [0.25, 0.3) is 5.91 Å². The fourth-order valence-corrected chi connectivity index (χ4v) is 3.85. The fraction of sp³-hybridized carbons (Fsp3) is 0.400. The number of halogens is 2. The summed E-state index contributed by atoms with van der Waals surface area (Å²) in [5, 5.41) is 9.54. The van der Waals surface area contributed by atoms with Crippen LogP contribution in [0.5, 0.6) is 0 Å². The summed E-state index contributed by atoms with van der Waals surface area (Å²) in [6.45, 7) is 2.15. The van der Waals surface area contributed by atoms with Crippen molar-refractivity contribution in [2.24, 2.45) is 0 Å². The van der Waals surface area contributed by atoms with Crippen molar-refractivity contribution in [3.63, 3.8) is 0 Å². The minimum Gasteiger partial charge on any atom is -0.357 e. The Hall–Kier alpha value is -2.94. The molecule has 1 saturated heterocycles. The first kappa shape index (κ1) is 21.8. The van der Waals surface area contributed by atoms with E-state index >= 15 is 0 Å². The van der Waals surface area contributed by atoms with Gasteiger partial charge in [-0.1, -0.05) is 23.7 Å². The summed E-state index contributed by atoms with van der Waals surface area (Å²) in [7, 11) is 1.53. The molecule has 1 unspecified atom stereocenters. The zero-order valence-corrected chi connectivity index (χ0v) is 17.5. The Morgan fingerprint density at radius 2 is 1.97 bits per heavy atom. The maximum atomic E-state index is 13.1. The second-order valence-corrected chi connectivity index (χ2v) is 7.44. The van der Waals surface area contributed by atoms with Crippen LogP contribution in [0.15, 0.2) is 24.3 Å². The lowest BCUT2D eigenvalue weighted by atomic mass is 10.2. The number of carbonyl (C=O) groups excluding carboxylic acids is 3. The number of likely N-dealkylation sites (tertiary alicyclic amines) is 1. The summed E-state index contributed by atoms with van der Waals surface area (Å²) in [5.74, 6) is -1.41. The van der Waals surface area contributed by atoms with Gasteiger partial charge in [-0.05, 0) is 37.5 Å². The highest BCUT2D eigenvalue weighted by molar-refractivity contribution is 6.33. The summed E-state index contributed by atoms with van der Waals surface area (Å²) in [6.07, 6.45) is 1.33. The predicted molar refractivity (Wildman–Crippen MR) is 109 cm³/mol. The molecule has 3 amide bonds. The van der Waals surface area contributed by atoms with Gasteiger partial charge in [0, 0.05) is 13.6 Å². The van der Waals surface area contributed by atoms with Crippen LogP contribution in [0, 0.1) is 12.7 Å². The van der Waals surface area contributed by atoms with Crippen molar-refractivity contribution in [2.75, 3.05) is 20.1 Å². The van der Waals surface area contributed by atoms with Crippen LogP contribution in [0.25, 0.3) is 0 Å². The molecule has 2 aromatic rings. The highest BCUT2D eigenvalue weighted by Gasteiger charge is 2.33. The van der Waals surface area contributed by atoms with Crippen molar-refractivity contribution in [3.8, 4) is 0 Å². The number of nitrogens with one attached hydrogen (secondary N) is 2. The maximum absolute atomic E-state index is 13.1. The molecule has 1 aromatic carbocycles. The molecule has 10 heteroatoms. The number of aromatic nitrogens is 2. The van der Waals surface area contributed by atoms with E-state index in [0.717, 1.165) is 12.0 Å². The van der Waals surface area contributed by atoms with Crippen LogP contribution in [-0.4, -0.2) is 58.6 Å². The largest absolute Gasteiger partial charge is 0.357 e. The molecular weight excluding hydrogens is 413 g/mol. The highest BCUT2D eigenvalue weighted by Crippen LogP contribution is 2.21. The lowest BCUT2D eigenvalue weighted by molar-refractivity contribution is -0.137. The van der Waals surface area contributed by atoms with Crippen LogP contribution in [0.2, 0.25) is 5.15 Å². The molecule has 0 saturated carbocycles. The number of hydrogen-bond acceptors (Lipinski definition) is 4. The molecule has 0 bridgehead atoms. The molecule has 1 atom stereocenters. The molecule has 1 aromatic heterocycles. The maximum Gasteiger partial charge on any atom is 0.256 e. The lowest BCUT2D eigenvalue weighted by Crippen LogP contribution is -2.48. The van der Waals surface area contributed by atoms with Crippen molar-refractivity contribution in [1.82, 2.24) is 25.3 Å². The molecule has 2 N–H and O–H groups in total. The Balaban J connectivity index is 1.65. The number of amides is 3. The molecular formula is C20H23ClFN5O3. The zero-order chi connectivity index (χ0) is 21.8. The van der Waals surface area contributed by atoms with Gasteiger partial charge in [0.05, 0.1) is 24.3 Å². The van der Waals surface area contributed by atoms with Crippen molar-refractivity contribution in [3.05, 3.63) is 52.1 Å². The fourth-order valence-electron chi connectivity index (χ4n) is 3.53. The molecule has 30 heavy (non-hydrogen) atoms. The second-order valence-electron chi connectivity index (χ2n) is 7.08. The predicted octanol–water partition coefficient (Wildman–Crippen LogP) is 1.50. The molecule has 0 radical (unpaired) electrons. The minimum atomic E-state index is -0.521. The number of nitrogens with zero attached hydrogens (tertiary/aromatic N) is 3. The van der Waals surface area contributed by atoms with Crippen LogP contribution in [0.1, 0.15) is 34.5 Å². The molecule has 2 heterocycles. The summed E-state index contributed by atoms with van der Waals surface area (Å²) in [6, 6.07) is 5.38. The summed E-state index contributed by atoms with van der Waals surface area (Å²) < 4.78 is 14.5. The Morgan fingerprint density at radius 1 is 1.27 bits per heavy atom. The third-order valence-electron chi connectivity index (χ3n) is 5.06. The molecule has 160 valence electrons. The first-order chi connectivity index (χ1) is 14.3. The number of rotatable bonds is 6. The van der Waals surface area contributed by atoms with Crippen LogP contribution in [0.4, 0.5) is 4.39 Å². The molecule has 1 aliphatic heterocycles. The van der Waals surface area contributed by atoms with Crippen molar-refractivity contribution >= 4 is 29.3 Å². The topological polar surface area (TPSA) is 96.3 Å². The van der Waals surface area contributed by atoms with Gasteiger partial charge in [-0.3, -0.25) is 14.4 Å². The van der Waals surface area contributed by atoms with Crippen molar-refractivity contribution in [2.45, 2.75) is 32.4 Å². The van der Waals surface area contributed by atoms with Gasteiger partial charge in [0.2, 0.25) is 11.8 Å². The Labute approximate surface area is 178 Å². The van der Waals surface area contributed by atoms with E-state index in [0.29, 0.717) is 18.7 Å². The normalized spacial score (nSPS) is 15.9. The third-order valence-corrected chi connectivity index (χ3v) is 5.44. The molecule has 1 aliphatic rings. The van der Waals surface area contributed by atoms with E-state index in [9.17, 15) is 18.8 Å². The first-order valence-corrected chi connectivity index (χ1v) is 9.96. The van der Waals surface area contributed by atoms with Crippen LogP contribution in [-0.2, 0) is 16.1 Å². The number of likely N-dealkylation sites (N-methyl/N-ethyl adjacent to an activating group) is 1. The van der Waals surface area contributed by atoms with Crippen molar-refractivity contribution in [1.29, 1.82) is 0 Å². The quantitative estimate of drug-likeness (QED) is 0.718. The van der Waals surface area contributed by atoms with E-state index in [2.05, 4.69) is 15.7 Å². The molecule has 8 nitrogen and oxygen atoms in total.